The molecule has 10 nitrogen and oxygen atoms in total. The van der Waals surface area contributed by atoms with Crippen LogP contribution in [0.3, 0.4) is 0 Å². The highest BCUT2D eigenvalue weighted by atomic mass is 31.2. The maximum Gasteiger partial charge on any atom is 0.472 e. The van der Waals surface area contributed by atoms with Crippen LogP contribution in [0.4, 0.5) is 0 Å². The number of carbonyl (C=O) groups excluding carboxylic acids is 2. The quantitative estimate of drug-likeness (QED) is 0.0235. The van der Waals surface area contributed by atoms with Crippen LogP contribution in [0.5, 0.6) is 0 Å². The summed E-state index contributed by atoms with van der Waals surface area (Å²) in [4.78, 5) is 35.0. The van der Waals surface area contributed by atoms with Gasteiger partial charge < -0.3 is 24.6 Å². The van der Waals surface area contributed by atoms with Crippen molar-refractivity contribution in [2.75, 3.05) is 26.4 Å². The summed E-state index contributed by atoms with van der Waals surface area (Å²) in [7, 11) is -4.61. The van der Waals surface area contributed by atoms with Gasteiger partial charge in [-0.1, -0.05) is 180 Å². The molecule has 0 aromatic heterocycles. The Bertz CT molecular complexity index is 930. The highest BCUT2D eigenvalue weighted by Gasteiger charge is 2.27. The van der Waals surface area contributed by atoms with E-state index in [1.807, 2.05) is 0 Å². The first-order chi connectivity index (χ1) is 26.7. The lowest BCUT2D eigenvalue weighted by Gasteiger charge is -2.20. The van der Waals surface area contributed by atoms with Crippen LogP contribution in [0.1, 0.15) is 219 Å². The number of ether oxygens (including phenoxy) is 2. The molecular formula is C44H85O10P. The second-order valence-electron chi connectivity index (χ2n) is 15.4. The summed E-state index contributed by atoms with van der Waals surface area (Å²) in [5.74, 6) is -0.924. The van der Waals surface area contributed by atoms with Crippen LogP contribution in [0.2, 0.25) is 0 Å². The van der Waals surface area contributed by atoms with Crippen molar-refractivity contribution in [2.24, 2.45) is 0 Å². The molecule has 0 fully saturated rings. The Morgan fingerprint density at radius 2 is 0.891 bits per heavy atom. The monoisotopic (exact) mass is 805 g/mol. The number of phosphoric acid groups is 1. The van der Waals surface area contributed by atoms with Crippen LogP contribution in [0.15, 0.2) is 12.2 Å². The van der Waals surface area contributed by atoms with E-state index < -0.39 is 51.8 Å². The Balaban J connectivity index is 4.17. The molecule has 3 atom stereocenters. The van der Waals surface area contributed by atoms with Gasteiger partial charge in [0.25, 0.3) is 0 Å². The molecule has 0 aliphatic carbocycles. The summed E-state index contributed by atoms with van der Waals surface area (Å²) in [5, 5.41) is 18.3. The van der Waals surface area contributed by atoms with E-state index in [4.69, 9.17) is 19.1 Å². The number of hydrogen-bond acceptors (Lipinski definition) is 9. The Kier molecular flexibility index (Phi) is 39.9. The number of allylic oxidation sites excluding steroid dienone is 2. The van der Waals surface area contributed by atoms with E-state index in [0.717, 1.165) is 57.8 Å². The minimum atomic E-state index is -4.61. The smallest absolute Gasteiger partial charge is 0.462 e. The third-order valence-corrected chi connectivity index (χ3v) is 10.9. The molecule has 0 saturated heterocycles. The van der Waals surface area contributed by atoms with Gasteiger partial charge in [-0.2, -0.15) is 0 Å². The first-order valence-electron chi connectivity index (χ1n) is 22.6. The highest BCUT2D eigenvalue weighted by molar-refractivity contribution is 7.47. The van der Waals surface area contributed by atoms with Gasteiger partial charge in [0.15, 0.2) is 6.10 Å². The minimum absolute atomic E-state index is 0.178. The van der Waals surface area contributed by atoms with Crippen molar-refractivity contribution < 1.29 is 47.8 Å². The minimum Gasteiger partial charge on any atom is -0.462 e. The molecule has 0 amide bonds. The molecule has 55 heavy (non-hydrogen) atoms. The van der Waals surface area contributed by atoms with Gasteiger partial charge in [0.2, 0.25) is 0 Å². The van der Waals surface area contributed by atoms with Crippen molar-refractivity contribution in [3.05, 3.63) is 12.2 Å². The van der Waals surface area contributed by atoms with Gasteiger partial charge in [-0.3, -0.25) is 18.6 Å². The molecule has 326 valence electrons. The summed E-state index contributed by atoms with van der Waals surface area (Å²) in [6.07, 6.45) is 39.0. The van der Waals surface area contributed by atoms with E-state index in [-0.39, 0.29) is 19.4 Å². The zero-order chi connectivity index (χ0) is 40.5. The molecule has 0 heterocycles. The SMILES string of the molecule is CCCCC/C=C\CCCCCCCC(=O)OC(COC(=O)CCCCCCCCCCCCCCCCCCCCCC)COP(=O)(O)OCC(O)CO. The fourth-order valence-electron chi connectivity index (χ4n) is 6.40. The third kappa shape index (κ3) is 40.7. The van der Waals surface area contributed by atoms with E-state index in [0.29, 0.717) is 12.8 Å². The van der Waals surface area contributed by atoms with Crippen LogP contribution < -0.4 is 0 Å². The summed E-state index contributed by atoms with van der Waals surface area (Å²) >= 11 is 0. The topological polar surface area (TPSA) is 149 Å². The molecule has 0 spiro atoms. The fourth-order valence-corrected chi connectivity index (χ4v) is 7.19. The van der Waals surface area contributed by atoms with Gasteiger partial charge >= 0.3 is 19.8 Å². The number of carbonyl (C=O) groups is 2. The predicted molar refractivity (Wildman–Crippen MR) is 224 cm³/mol. The van der Waals surface area contributed by atoms with Crippen molar-refractivity contribution in [3.63, 3.8) is 0 Å². The summed E-state index contributed by atoms with van der Waals surface area (Å²) in [5.41, 5.74) is 0. The first-order valence-corrected chi connectivity index (χ1v) is 24.1. The Morgan fingerprint density at radius 1 is 0.527 bits per heavy atom. The Labute approximate surface area is 336 Å². The van der Waals surface area contributed by atoms with Crippen molar-refractivity contribution >= 4 is 19.8 Å². The molecule has 0 rings (SSSR count). The van der Waals surface area contributed by atoms with Crippen molar-refractivity contribution in [2.45, 2.75) is 232 Å². The molecular weight excluding hydrogens is 719 g/mol. The molecule has 3 unspecified atom stereocenters. The van der Waals surface area contributed by atoms with Gasteiger partial charge in [-0.15, -0.1) is 0 Å². The van der Waals surface area contributed by atoms with E-state index >= 15 is 0 Å². The molecule has 3 N–H and O–H groups in total. The van der Waals surface area contributed by atoms with E-state index in [2.05, 4.69) is 30.5 Å². The standard InChI is InChI=1S/C44H85O10P/c1-3-5-7-9-11-13-15-17-18-19-20-21-22-23-24-26-27-29-31-33-35-43(47)51-39-42(40-53-55(49,50)52-38-41(46)37-45)54-44(48)36-34-32-30-28-25-16-14-12-10-8-6-4-2/h12,14,41-42,45-46H,3-11,13,15-40H2,1-2H3,(H,49,50)/b14-12-. The number of aliphatic hydroxyl groups excluding tert-OH is 2. The van der Waals surface area contributed by atoms with E-state index in [1.54, 1.807) is 0 Å². The van der Waals surface area contributed by atoms with Crippen molar-refractivity contribution in [3.8, 4) is 0 Å². The maximum absolute atomic E-state index is 12.6. The van der Waals surface area contributed by atoms with Crippen LogP contribution in [-0.2, 0) is 32.7 Å². The molecule has 0 aliphatic heterocycles. The van der Waals surface area contributed by atoms with Gasteiger partial charge in [0, 0.05) is 12.8 Å². The summed E-state index contributed by atoms with van der Waals surface area (Å²) < 4.78 is 32.7. The third-order valence-electron chi connectivity index (χ3n) is 9.92. The molecule has 0 aliphatic rings. The van der Waals surface area contributed by atoms with Gasteiger partial charge in [0.05, 0.1) is 19.8 Å². The van der Waals surface area contributed by atoms with E-state index in [1.165, 1.54) is 122 Å². The Morgan fingerprint density at radius 3 is 1.35 bits per heavy atom. The fraction of sp³-hybridized carbons (Fsp3) is 0.909. The van der Waals surface area contributed by atoms with E-state index in [9.17, 15) is 24.2 Å². The Hall–Kier alpha value is -1.29. The molecule has 0 radical (unpaired) electrons. The lowest BCUT2D eigenvalue weighted by molar-refractivity contribution is -0.161. The lowest BCUT2D eigenvalue weighted by Crippen LogP contribution is -2.29. The maximum atomic E-state index is 12.6. The molecule has 0 aromatic rings. The average molecular weight is 805 g/mol. The van der Waals surface area contributed by atoms with Crippen LogP contribution >= 0.6 is 7.82 Å². The number of aliphatic hydroxyl groups is 2. The van der Waals surface area contributed by atoms with Gasteiger partial charge in [-0.05, 0) is 38.5 Å². The second kappa shape index (κ2) is 40.9. The van der Waals surface area contributed by atoms with Crippen molar-refractivity contribution in [1.82, 2.24) is 0 Å². The lowest BCUT2D eigenvalue weighted by atomic mass is 10.0. The number of unbranched alkanes of at least 4 members (excludes halogenated alkanes) is 27. The molecule has 11 heteroatoms. The van der Waals surface area contributed by atoms with Gasteiger partial charge in [0.1, 0.15) is 12.7 Å². The molecule has 0 bridgehead atoms. The molecule has 0 aromatic carbocycles. The van der Waals surface area contributed by atoms with Crippen LogP contribution in [-0.4, -0.2) is 65.7 Å². The number of hydrogen-bond donors (Lipinski definition) is 3. The largest absolute Gasteiger partial charge is 0.472 e. The average Bonchev–Trinajstić information content (AvgIpc) is 3.17. The number of esters is 2. The number of phosphoric ester groups is 1. The zero-order valence-electron chi connectivity index (χ0n) is 35.4. The number of rotatable bonds is 43. The highest BCUT2D eigenvalue weighted by Crippen LogP contribution is 2.43. The zero-order valence-corrected chi connectivity index (χ0v) is 36.3. The van der Waals surface area contributed by atoms with Gasteiger partial charge in [-0.25, -0.2) is 4.57 Å². The van der Waals surface area contributed by atoms with Crippen LogP contribution in [0.25, 0.3) is 0 Å². The molecule has 0 saturated carbocycles. The van der Waals surface area contributed by atoms with Crippen LogP contribution in [0, 0.1) is 0 Å². The summed E-state index contributed by atoms with van der Waals surface area (Å²) in [6, 6.07) is 0. The second-order valence-corrected chi connectivity index (χ2v) is 16.9. The summed E-state index contributed by atoms with van der Waals surface area (Å²) in [6.45, 7) is 2.37. The predicted octanol–water partition coefficient (Wildman–Crippen LogP) is 12.0. The normalized spacial score (nSPS) is 13.9. The first kappa shape index (κ1) is 53.7. The van der Waals surface area contributed by atoms with Crippen molar-refractivity contribution in [1.29, 1.82) is 0 Å².